The molecule has 8 nitrogen and oxygen atoms in total. The first-order valence-electron chi connectivity index (χ1n) is 11.0. The maximum absolute atomic E-state index is 13.1. The molecule has 1 saturated carbocycles. The van der Waals surface area contributed by atoms with Crippen LogP contribution in [0.2, 0.25) is 0 Å². The van der Waals surface area contributed by atoms with Gasteiger partial charge < -0.3 is 25.4 Å². The van der Waals surface area contributed by atoms with Crippen LogP contribution in [-0.2, 0) is 14.3 Å². The van der Waals surface area contributed by atoms with E-state index in [9.17, 15) is 18.4 Å². The summed E-state index contributed by atoms with van der Waals surface area (Å²) in [6.45, 7) is 2.49. The Bertz CT molecular complexity index is 804. The van der Waals surface area contributed by atoms with Crippen LogP contribution in [0.25, 0.3) is 0 Å². The molecule has 0 spiro atoms. The van der Waals surface area contributed by atoms with E-state index in [4.69, 9.17) is 10.5 Å². The van der Waals surface area contributed by atoms with Crippen LogP contribution in [0.5, 0.6) is 5.75 Å². The fraction of sp³-hybridized carbons (Fsp3) is 0.636. The summed E-state index contributed by atoms with van der Waals surface area (Å²) in [5, 5.41) is 2.72. The molecule has 1 aliphatic carbocycles. The summed E-state index contributed by atoms with van der Waals surface area (Å²) >= 11 is 0. The van der Waals surface area contributed by atoms with Gasteiger partial charge in [0.15, 0.2) is 5.75 Å². The van der Waals surface area contributed by atoms with Gasteiger partial charge in [-0.25, -0.2) is 0 Å². The number of hydrogen-bond donors (Lipinski definition) is 2. The summed E-state index contributed by atoms with van der Waals surface area (Å²) in [6.07, 6.45) is 3.14. The number of amides is 2. The zero-order valence-electron chi connectivity index (χ0n) is 18.6. The molecule has 1 heterocycles. The lowest BCUT2D eigenvalue weighted by molar-refractivity contribution is -0.125. The predicted molar refractivity (Wildman–Crippen MR) is 117 cm³/mol. The van der Waals surface area contributed by atoms with E-state index in [-0.39, 0.29) is 36.4 Å². The molecule has 1 aliphatic heterocycles. The average molecular weight is 455 g/mol. The molecule has 1 atom stereocenters. The Hall–Kier alpha value is -2.30. The van der Waals surface area contributed by atoms with Gasteiger partial charge in [0.1, 0.15) is 12.6 Å². The van der Waals surface area contributed by atoms with Crippen LogP contribution in [-0.4, -0.2) is 68.3 Å². The highest BCUT2D eigenvalue weighted by atomic mass is 19.3. The van der Waals surface area contributed by atoms with E-state index in [0.717, 1.165) is 25.8 Å². The molecule has 0 unspecified atom stereocenters. The molecule has 1 saturated heterocycles. The van der Waals surface area contributed by atoms with E-state index in [2.05, 4.69) is 28.8 Å². The SMILES string of the molecule is CC(C)CN(C1CCC1)[C@@H](CN)C(=O)Nc1ccc(N2CCOCC2=O)cc1OC(F)F. The van der Waals surface area contributed by atoms with Crippen molar-refractivity contribution in [1.82, 2.24) is 4.90 Å². The predicted octanol–water partition coefficient (Wildman–Crippen LogP) is 2.43. The summed E-state index contributed by atoms with van der Waals surface area (Å²) in [5.41, 5.74) is 6.48. The maximum Gasteiger partial charge on any atom is 0.387 e. The van der Waals surface area contributed by atoms with Crippen LogP contribution in [0.15, 0.2) is 18.2 Å². The number of nitrogens with two attached hydrogens (primary N) is 1. The van der Waals surface area contributed by atoms with Crippen LogP contribution < -0.4 is 20.7 Å². The number of ether oxygens (including phenoxy) is 2. The molecule has 2 fully saturated rings. The van der Waals surface area contributed by atoms with Crippen molar-refractivity contribution in [3.63, 3.8) is 0 Å². The molecule has 3 rings (SSSR count). The average Bonchev–Trinajstić information content (AvgIpc) is 2.68. The third kappa shape index (κ3) is 5.93. The Morgan fingerprint density at radius 3 is 2.69 bits per heavy atom. The van der Waals surface area contributed by atoms with Crippen LogP contribution in [0, 0.1) is 5.92 Å². The Balaban J connectivity index is 1.81. The Labute approximate surface area is 187 Å². The zero-order chi connectivity index (χ0) is 23.3. The third-order valence-electron chi connectivity index (χ3n) is 5.78. The lowest BCUT2D eigenvalue weighted by Gasteiger charge is -2.42. The second-order valence-corrected chi connectivity index (χ2v) is 8.57. The summed E-state index contributed by atoms with van der Waals surface area (Å²) in [5.74, 6) is -0.501. The van der Waals surface area contributed by atoms with E-state index in [1.54, 1.807) is 6.07 Å². The monoisotopic (exact) mass is 454 g/mol. The first kappa shape index (κ1) is 24.3. The normalized spacial score (nSPS) is 18.2. The van der Waals surface area contributed by atoms with Crippen molar-refractivity contribution >= 4 is 23.2 Å². The minimum atomic E-state index is -3.08. The van der Waals surface area contributed by atoms with Crippen molar-refractivity contribution in [3.05, 3.63) is 18.2 Å². The summed E-state index contributed by atoms with van der Waals surface area (Å²) in [4.78, 5) is 28.8. The number of anilines is 2. The summed E-state index contributed by atoms with van der Waals surface area (Å²) in [6, 6.07) is 4.11. The quantitative estimate of drug-likeness (QED) is 0.564. The van der Waals surface area contributed by atoms with Gasteiger partial charge in [0.2, 0.25) is 5.91 Å². The van der Waals surface area contributed by atoms with Gasteiger partial charge >= 0.3 is 6.61 Å². The number of benzene rings is 1. The van der Waals surface area contributed by atoms with Gasteiger partial charge in [-0.3, -0.25) is 14.5 Å². The molecule has 1 aromatic carbocycles. The van der Waals surface area contributed by atoms with E-state index in [0.29, 0.717) is 30.8 Å². The van der Waals surface area contributed by atoms with Crippen molar-refractivity contribution in [2.24, 2.45) is 11.7 Å². The molecular formula is C22H32F2N4O4. The van der Waals surface area contributed by atoms with Gasteiger partial charge in [-0.15, -0.1) is 0 Å². The van der Waals surface area contributed by atoms with Gasteiger partial charge in [-0.2, -0.15) is 8.78 Å². The highest BCUT2D eigenvalue weighted by Gasteiger charge is 2.34. The fourth-order valence-corrected chi connectivity index (χ4v) is 4.05. The topological polar surface area (TPSA) is 97.1 Å². The first-order valence-corrected chi connectivity index (χ1v) is 11.0. The molecule has 0 aromatic heterocycles. The van der Waals surface area contributed by atoms with E-state index in [1.165, 1.54) is 17.0 Å². The van der Waals surface area contributed by atoms with Gasteiger partial charge in [0, 0.05) is 37.4 Å². The van der Waals surface area contributed by atoms with Gasteiger partial charge in [0.05, 0.1) is 12.3 Å². The molecule has 0 bridgehead atoms. The minimum Gasteiger partial charge on any atom is -0.433 e. The minimum absolute atomic E-state index is 0.0748. The third-order valence-corrected chi connectivity index (χ3v) is 5.78. The Kier molecular flexibility index (Phi) is 8.38. The number of nitrogens with zero attached hydrogens (tertiary/aromatic N) is 2. The number of carbonyl (C=O) groups excluding carboxylic acids is 2. The molecule has 10 heteroatoms. The van der Waals surface area contributed by atoms with Crippen molar-refractivity contribution in [1.29, 1.82) is 0 Å². The van der Waals surface area contributed by atoms with Crippen molar-refractivity contribution < 1.29 is 27.8 Å². The van der Waals surface area contributed by atoms with E-state index in [1.807, 2.05) is 0 Å². The van der Waals surface area contributed by atoms with Crippen LogP contribution >= 0.6 is 0 Å². The number of halogens is 2. The molecule has 1 aromatic rings. The lowest BCUT2D eigenvalue weighted by Crippen LogP contribution is -2.55. The number of alkyl halides is 2. The van der Waals surface area contributed by atoms with Crippen molar-refractivity contribution in [2.45, 2.75) is 51.8 Å². The molecule has 178 valence electrons. The number of hydrogen-bond acceptors (Lipinski definition) is 6. The molecular weight excluding hydrogens is 422 g/mol. The van der Waals surface area contributed by atoms with Crippen molar-refractivity contribution in [3.8, 4) is 5.75 Å². The van der Waals surface area contributed by atoms with E-state index < -0.39 is 12.7 Å². The largest absolute Gasteiger partial charge is 0.433 e. The fourth-order valence-electron chi connectivity index (χ4n) is 4.05. The van der Waals surface area contributed by atoms with Gasteiger partial charge in [-0.05, 0) is 30.9 Å². The van der Waals surface area contributed by atoms with Crippen LogP contribution in [0.3, 0.4) is 0 Å². The standard InChI is InChI=1S/C22H32F2N4O4/c1-14(2)12-28(15-4-3-5-15)18(11-25)21(30)26-17-7-6-16(10-19(17)32-22(23)24)27-8-9-31-13-20(27)29/h6-7,10,14-15,18,22H,3-5,8-9,11-13,25H2,1-2H3,(H,26,30)/t18-/m0/s1. The Morgan fingerprint density at radius 1 is 1.38 bits per heavy atom. The summed E-state index contributed by atoms with van der Waals surface area (Å²) in [7, 11) is 0. The second-order valence-electron chi connectivity index (χ2n) is 8.57. The maximum atomic E-state index is 13.1. The second kappa shape index (κ2) is 11.0. The molecule has 2 aliphatic rings. The van der Waals surface area contributed by atoms with Crippen LogP contribution in [0.1, 0.15) is 33.1 Å². The number of rotatable bonds is 10. The Morgan fingerprint density at radius 2 is 2.12 bits per heavy atom. The van der Waals surface area contributed by atoms with Crippen molar-refractivity contribution in [2.75, 3.05) is 43.1 Å². The first-order chi connectivity index (χ1) is 15.3. The highest BCUT2D eigenvalue weighted by Crippen LogP contribution is 2.33. The summed E-state index contributed by atoms with van der Waals surface area (Å²) < 4.78 is 35.9. The smallest absolute Gasteiger partial charge is 0.387 e. The van der Waals surface area contributed by atoms with Crippen LogP contribution in [0.4, 0.5) is 20.2 Å². The van der Waals surface area contributed by atoms with Gasteiger partial charge in [-0.1, -0.05) is 20.3 Å². The number of carbonyl (C=O) groups is 2. The molecule has 3 N–H and O–H groups in total. The van der Waals surface area contributed by atoms with Gasteiger partial charge in [0.25, 0.3) is 5.91 Å². The number of nitrogens with one attached hydrogen (secondary N) is 1. The highest BCUT2D eigenvalue weighted by molar-refractivity contribution is 5.98. The zero-order valence-corrected chi connectivity index (χ0v) is 18.6. The number of morpholine rings is 1. The lowest BCUT2D eigenvalue weighted by atomic mass is 9.89. The molecule has 0 radical (unpaired) electrons. The molecule has 2 amide bonds. The molecule has 32 heavy (non-hydrogen) atoms. The van der Waals surface area contributed by atoms with E-state index >= 15 is 0 Å².